The molecule has 1 aromatic carbocycles. The first kappa shape index (κ1) is 16.5. The van der Waals surface area contributed by atoms with Crippen LogP contribution in [0.25, 0.3) is 11.5 Å². The van der Waals surface area contributed by atoms with E-state index in [4.69, 9.17) is 4.42 Å². The molecule has 1 amide bonds. The van der Waals surface area contributed by atoms with Gasteiger partial charge in [-0.25, -0.2) is 0 Å². The highest BCUT2D eigenvalue weighted by Crippen LogP contribution is 2.23. The molecule has 0 fully saturated rings. The molecule has 0 aliphatic heterocycles. The molecule has 1 atom stereocenters. The number of carbonyl (C=O) groups is 1. The molecule has 5 nitrogen and oxygen atoms in total. The van der Waals surface area contributed by atoms with Crippen LogP contribution in [0.2, 0.25) is 0 Å². The summed E-state index contributed by atoms with van der Waals surface area (Å²) in [5.41, 5.74) is 2.02. The van der Waals surface area contributed by atoms with Gasteiger partial charge in [0, 0.05) is 11.6 Å². The van der Waals surface area contributed by atoms with Crippen LogP contribution in [0.5, 0.6) is 0 Å². The molecule has 2 rings (SSSR count). The molecule has 0 aliphatic rings. The lowest BCUT2D eigenvalue weighted by atomic mass is 10.1. The maximum atomic E-state index is 11.8. The fourth-order valence-corrected chi connectivity index (χ4v) is 2.69. The number of hydrogen-bond donors (Lipinski definition) is 1. The van der Waals surface area contributed by atoms with E-state index in [1.165, 1.54) is 11.8 Å². The van der Waals surface area contributed by atoms with Crippen LogP contribution in [0.1, 0.15) is 32.3 Å². The first-order valence-electron chi connectivity index (χ1n) is 7.41. The van der Waals surface area contributed by atoms with Crippen molar-refractivity contribution in [3.8, 4) is 11.5 Å². The largest absolute Gasteiger partial charge is 0.411 e. The highest BCUT2D eigenvalue weighted by molar-refractivity contribution is 7.99. The van der Waals surface area contributed by atoms with Crippen molar-refractivity contribution in [2.24, 2.45) is 0 Å². The van der Waals surface area contributed by atoms with E-state index in [9.17, 15) is 4.79 Å². The highest BCUT2D eigenvalue weighted by Gasteiger charge is 2.12. The molecule has 1 heterocycles. The summed E-state index contributed by atoms with van der Waals surface area (Å²) in [7, 11) is 0. The Balaban J connectivity index is 1.88. The van der Waals surface area contributed by atoms with Crippen molar-refractivity contribution in [3.05, 3.63) is 29.8 Å². The standard InChI is InChI=1S/C16H21N3O2S/c1-4-6-12(3)17-14(20)10-22-16-19-18-15(21-16)13-8-5-7-11(2)9-13/h5,7-9,12H,4,6,10H2,1-3H3,(H,17,20)/t12-/m1/s1. The SMILES string of the molecule is CCC[C@@H](C)NC(=O)CSc1nnc(-c2cccc(C)c2)o1. The van der Waals surface area contributed by atoms with Crippen LogP contribution in [-0.4, -0.2) is 27.9 Å². The van der Waals surface area contributed by atoms with Crippen LogP contribution in [0.4, 0.5) is 0 Å². The lowest BCUT2D eigenvalue weighted by Gasteiger charge is -2.11. The van der Waals surface area contributed by atoms with E-state index in [-0.39, 0.29) is 17.7 Å². The zero-order valence-electron chi connectivity index (χ0n) is 13.1. The van der Waals surface area contributed by atoms with Crippen molar-refractivity contribution in [2.75, 3.05) is 5.75 Å². The Morgan fingerprint density at radius 2 is 2.23 bits per heavy atom. The topological polar surface area (TPSA) is 68.0 Å². The molecule has 118 valence electrons. The molecule has 22 heavy (non-hydrogen) atoms. The van der Waals surface area contributed by atoms with Gasteiger partial charge in [0.2, 0.25) is 11.8 Å². The van der Waals surface area contributed by atoms with Gasteiger partial charge in [-0.05, 0) is 32.4 Å². The molecule has 0 bridgehead atoms. The van der Waals surface area contributed by atoms with Gasteiger partial charge in [-0.1, -0.05) is 42.8 Å². The molecule has 0 saturated heterocycles. The van der Waals surface area contributed by atoms with E-state index in [1.807, 2.05) is 38.1 Å². The molecule has 6 heteroatoms. The van der Waals surface area contributed by atoms with Crippen LogP contribution in [0.3, 0.4) is 0 Å². The summed E-state index contributed by atoms with van der Waals surface area (Å²) in [5.74, 6) is 0.746. The van der Waals surface area contributed by atoms with Crippen LogP contribution < -0.4 is 5.32 Å². The smallest absolute Gasteiger partial charge is 0.277 e. The Labute approximate surface area is 134 Å². The summed E-state index contributed by atoms with van der Waals surface area (Å²) < 4.78 is 5.59. The average molecular weight is 319 g/mol. The molecular weight excluding hydrogens is 298 g/mol. The summed E-state index contributed by atoms with van der Waals surface area (Å²) in [5, 5.41) is 11.4. The zero-order chi connectivity index (χ0) is 15.9. The quantitative estimate of drug-likeness (QED) is 0.792. The van der Waals surface area contributed by atoms with Gasteiger partial charge >= 0.3 is 0 Å². The summed E-state index contributed by atoms with van der Waals surface area (Å²) in [6.07, 6.45) is 2.03. The number of carbonyl (C=O) groups excluding carboxylic acids is 1. The van der Waals surface area contributed by atoms with Gasteiger partial charge in [0.15, 0.2) is 0 Å². The second-order valence-corrected chi connectivity index (χ2v) is 6.22. The lowest BCUT2D eigenvalue weighted by Crippen LogP contribution is -2.33. The summed E-state index contributed by atoms with van der Waals surface area (Å²) in [6.45, 7) is 6.12. The molecule has 0 spiro atoms. The Hall–Kier alpha value is -1.82. The minimum absolute atomic E-state index is 0.0127. The summed E-state index contributed by atoms with van der Waals surface area (Å²) in [6, 6.07) is 8.07. The Bertz CT molecular complexity index is 627. The van der Waals surface area contributed by atoms with Crippen LogP contribution in [0, 0.1) is 6.92 Å². The van der Waals surface area contributed by atoms with E-state index in [1.54, 1.807) is 0 Å². The Morgan fingerprint density at radius 3 is 2.95 bits per heavy atom. The fraction of sp³-hybridized carbons (Fsp3) is 0.438. The number of aromatic nitrogens is 2. The maximum absolute atomic E-state index is 11.8. The van der Waals surface area contributed by atoms with Gasteiger partial charge in [0.1, 0.15) is 0 Å². The highest BCUT2D eigenvalue weighted by atomic mass is 32.2. The number of nitrogens with one attached hydrogen (secondary N) is 1. The number of rotatable bonds is 7. The lowest BCUT2D eigenvalue weighted by molar-refractivity contribution is -0.119. The van der Waals surface area contributed by atoms with Crippen molar-refractivity contribution in [3.63, 3.8) is 0 Å². The minimum atomic E-state index is -0.0127. The average Bonchev–Trinajstić information content (AvgIpc) is 2.94. The normalized spacial score (nSPS) is 12.1. The van der Waals surface area contributed by atoms with E-state index in [2.05, 4.69) is 22.4 Å². The number of hydrogen-bond acceptors (Lipinski definition) is 5. The third-order valence-electron chi connectivity index (χ3n) is 3.13. The molecule has 1 N–H and O–H groups in total. The Kier molecular flexibility index (Phi) is 6.00. The van der Waals surface area contributed by atoms with Gasteiger partial charge in [0.25, 0.3) is 5.22 Å². The van der Waals surface area contributed by atoms with Gasteiger partial charge in [0.05, 0.1) is 5.75 Å². The Morgan fingerprint density at radius 1 is 1.41 bits per heavy atom. The van der Waals surface area contributed by atoms with Crippen LogP contribution >= 0.6 is 11.8 Å². The fourth-order valence-electron chi connectivity index (χ4n) is 2.11. The monoisotopic (exact) mass is 319 g/mol. The zero-order valence-corrected chi connectivity index (χ0v) is 13.9. The van der Waals surface area contributed by atoms with Crippen molar-refractivity contribution in [1.82, 2.24) is 15.5 Å². The van der Waals surface area contributed by atoms with Crippen LogP contribution in [0.15, 0.2) is 33.9 Å². The maximum Gasteiger partial charge on any atom is 0.277 e. The van der Waals surface area contributed by atoms with E-state index in [0.717, 1.165) is 24.0 Å². The number of thioether (sulfide) groups is 1. The van der Waals surface area contributed by atoms with E-state index >= 15 is 0 Å². The molecule has 1 aromatic heterocycles. The first-order valence-corrected chi connectivity index (χ1v) is 8.39. The van der Waals surface area contributed by atoms with Gasteiger partial charge in [-0.3, -0.25) is 4.79 Å². The third-order valence-corrected chi connectivity index (χ3v) is 3.95. The van der Waals surface area contributed by atoms with E-state index in [0.29, 0.717) is 11.1 Å². The molecular formula is C16H21N3O2S. The van der Waals surface area contributed by atoms with Gasteiger partial charge < -0.3 is 9.73 Å². The van der Waals surface area contributed by atoms with Crippen molar-refractivity contribution < 1.29 is 9.21 Å². The molecule has 0 saturated carbocycles. The van der Waals surface area contributed by atoms with E-state index < -0.39 is 0 Å². The molecule has 0 unspecified atom stereocenters. The second kappa shape index (κ2) is 7.98. The first-order chi connectivity index (χ1) is 10.6. The number of amides is 1. The molecule has 0 radical (unpaired) electrons. The van der Waals surface area contributed by atoms with Crippen molar-refractivity contribution in [2.45, 2.75) is 44.9 Å². The van der Waals surface area contributed by atoms with Gasteiger partial charge in [-0.15, -0.1) is 10.2 Å². The van der Waals surface area contributed by atoms with Crippen molar-refractivity contribution >= 4 is 17.7 Å². The number of aryl methyl sites for hydroxylation is 1. The third kappa shape index (κ3) is 4.87. The molecule has 2 aromatic rings. The summed E-state index contributed by atoms with van der Waals surface area (Å²) in [4.78, 5) is 11.8. The molecule has 0 aliphatic carbocycles. The summed E-state index contributed by atoms with van der Waals surface area (Å²) >= 11 is 1.26. The second-order valence-electron chi connectivity index (χ2n) is 5.29. The number of nitrogens with zero attached hydrogens (tertiary/aromatic N) is 2. The number of benzene rings is 1. The predicted octanol–water partition coefficient (Wildman–Crippen LogP) is 3.44. The van der Waals surface area contributed by atoms with Gasteiger partial charge in [-0.2, -0.15) is 0 Å². The van der Waals surface area contributed by atoms with Crippen LogP contribution in [-0.2, 0) is 4.79 Å². The minimum Gasteiger partial charge on any atom is -0.411 e. The van der Waals surface area contributed by atoms with Crippen molar-refractivity contribution in [1.29, 1.82) is 0 Å². The predicted molar refractivity (Wildman–Crippen MR) is 87.7 cm³/mol.